The number of rotatable bonds is 2. The average molecular weight is 283 g/mol. The Labute approximate surface area is 121 Å². The molecule has 0 fully saturated rings. The van der Waals surface area contributed by atoms with Crippen molar-refractivity contribution in [2.75, 3.05) is 6.61 Å². The van der Waals surface area contributed by atoms with Gasteiger partial charge in [0.2, 0.25) is 0 Å². The second kappa shape index (κ2) is 5.28. The van der Waals surface area contributed by atoms with Gasteiger partial charge in [0.25, 0.3) is 0 Å². The fraction of sp³-hybridized carbons (Fsp3) is 0.125. The van der Waals surface area contributed by atoms with E-state index < -0.39 is 12.2 Å². The van der Waals surface area contributed by atoms with E-state index in [-0.39, 0.29) is 12.5 Å². The zero-order valence-electron chi connectivity index (χ0n) is 11.1. The molecule has 0 spiro atoms. The predicted octanol–water partition coefficient (Wildman–Crippen LogP) is 3.20. The third-order valence-corrected chi connectivity index (χ3v) is 3.55. The molecule has 0 unspecified atom stereocenters. The molecule has 0 saturated carbocycles. The molecule has 3 rings (SSSR count). The Balaban J connectivity index is 1.85. The van der Waals surface area contributed by atoms with Crippen molar-refractivity contribution in [2.24, 2.45) is 0 Å². The molecule has 0 atom stereocenters. The fourth-order valence-electron chi connectivity index (χ4n) is 2.72. The van der Waals surface area contributed by atoms with Gasteiger partial charge >= 0.3 is 12.2 Å². The Morgan fingerprint density at radius 1 is 1.00 bits per heavy atom. The van der Waals surface area contributed by atoms with Crippen LogP contribution in [-0.4, -0.2) is 23.9 Å². The number of amides is 2. The van der Waals surface area contributed by atoms with E-state index in [9.17, 15) is 9.59 Å². The van der Waals surface area contributed by atoms with Crippen LogP contribution < -0.4 is 5.32 Å². The number of ether oxygens (including phenoxy) is 1. The standard InChI is InChI=1S/C16H13NO4/c18-15(19)17-16(20)21-9-14-12-7-3-1-5-10(12)11-6-2-4-8-13(11)14/h1-8,14H,9H2,(H,17,20)(H,18,19). The van der Waals surface area contributed by atoms with Crippen molar-refractivity contribution < 1.29 is 19.4 Å². The van der Waals surface area contributed by atoms with Gasteiger partial charge in [0.15, 0.2) is 0 Å². The lowest BCUT2D eigenvalue weighted by Crippen LogP contribution is -2.30. The highest BCUT2D eigenvalue weighted by atomic mass is 16.6. The number of imide groups is 1. The van der Waals surface area contributed by atoms with E-state index in [2.05, 4.69) is 0 Å². The fourth-order valence-corrected chi connectivity index (χ4v) is 2.72. The molecule has 5 heteroatoms. The molecule has 0 aromatic heterocycles. The second-order valence-corrected chi connectivity index (χ2v) is 4.76. The van der Waals surface area contributed by atoms with Crippen LogP contribution in [0.4, 0.5) is 9.59 Å². The molecule has 0 saturated heterocycles. The van der Waals surface area contributed by atoms with Crippen LogP contribution in [0.15, 0.2) is 48.5 Å². The monoisotopic (exact) mass is 283 g/mol. The first-order chi connectivity index (χ1) is 10.2. The van der Waals surface area contributed by atoms with Crippen LogP contribution in [0.2, 0.25) is 0 Å². The molecule has 106 valence electrons. The second-order valence-electron chi connectivity index (χ2n) is 4.76. The Hall–Kier alpha value is -2.82. The van der Waals surface area contributed by atoms with Gasteiger partial charge in [-0.05, 0) is 22.3 Å². The predicted molar refractivity (Wildman–Crippen MR) is 76.2 cm³/mol. The third-order valence-electron chi connectivity index (χ3n) is 3.55. The van der Waals surface area contributed by atoms with Crippen molar-refractivity contribution in [3.63, 3.8) is 0 Å². The highest BCUT2D eigenvalue weighted by molar-refractivity contribution is 5.86. The van der Waals surface area contributed by atoms with Gasteiger partial charge in [-0.3, -0.25) is 0 Å². The Morgan fingerprint density at radius 3 is 2.05 bits per heavy atom. The van der Waals surface area contributed by atoms with Crippen molar-refractivity contribution >= 4 is 12.2 Å². The molecule has 21 heavy (non-hydrogen) atoms. The number of nitrogens with one attached hydrogen (secondary N) is 1. The number of alkyl carbamates (subject to hydrolysis) is 1. The number of benzene rings is 2. The lowest BCUT2D eigenvalue weighted by Gasteiger charge is -2.13. The largest absolute Gasteiger partial charge is 0.465 e. The van der Waals surface area contributed by atoms with E-state index in [0.29, 0.717) is 0 Å². The van der Waals surface area contributed by atoms with E-state index in [1.54, 1.807) is 5.32 Å². The summed E-state index contributed by atoms with van der Waals surface area (Å²) in [6.07, 6.45) is -2.38. The first-order valence-electron chi connectivity index (χ1n) is 6.51. The van der Waals surface area contributed by atoms with Gasteiger partial charge in [-0.1, -0.05) is 48.5 Å². The summed E-state index contributed by atoms with van der Waals surface area (Å²) in [4.78, 5) is 21.7. The maximum atomic E-state index is 11.3. The van der Waals surface area contributed by atoms with Crippen LogP contribution in [0, 0.1) is 0 Å². The molecule has 0 radical (unpaired) electrons. The molecular weight excluding hydrogens is 270 g/mol. The van der Waals surface area contributed by atoms with Crippen LogP contribution in [0.25, 0.3) is 11.1 Å². The van der Waals surface area contributed by atoms with Crippen LogP contribution in [0.3, 0.4) is 0 Å². The topological polar surface area (TPSA) is 75.6 Å². The first-order valence-corrected chi connectivity index (χ1v) is 6.51. The Bertz CT molecular complexity index is 665. The summed E-state index contributed by atoms with van der Waals surface area (Å²) >= 11 is 0. The van der Waals surface area contributed by atoms with Crippen molar-refractivity contribution in [3.8, 4) is 11.1 Å². The zero-order valence-corrected chi connectivity index (χ0v) is 11.1. The summed E-state index contributed by atoms with van der Waals surface area (Å²) in [5.74, 6) is -0.0723. The summed E-state index contributed by atoms with van der Waals surface area (Å²) in [6, 6.07) is 15.9. The lowest BCUT2D eigenvalue weighted by molar-refractivity contribution is 0.137. The normalized spacial score (nSPS) is 12.4. The minimum Gasteiger partial charge on any atom is -0.465 e. The zero-order chi connectivity index (χ0) is 14.8. The number of hydrogen-bond acceptors (Lipinski definition) is 3. The first kappa shape index (κ1) is 13.2. The van der Waals surface area contributed by atoms with Crippen LogP contribution >= 0.6 is 0 Å². The van der Waals surface area contributed by atoms with Crippen LogP contribution in [-0.2, 0) is 4.74 Å². The van der Waals surface area contributed by atoms with Crippen molar-refractivity contribution in [2.45, 2.75) is 5.92 Å². The molecule has 2 N–H and O–H groups in total. The van der Waals surface area contributed by atoms with E-state index in [1.807, 2.05) is 48.5 Å². The number of carboxylic acid groups (broad SMARTS) is 1. The van der Waals surface area contributed by atoms with E-state index in [0.717, 1.165) is 22.3 Å². The van der Waals surface area contributed by atoms with Crippen LogP contribution in [0.1, 0.15) is 17.0 Å². The summed E-state index contributed by atoms with van der Waals surface area (Å²) in [5, 5.41) is 10.1. The maximum absolute atomic E-state index is 11.3. The highest BCUT2D eigenvalue weighted by Gasteiger charge is 2.29. The van der Waals surface area contributed by atoms with Crippen LogP contribution in [0.5, 0.6) is 0 Å². The summed E-state index contributed by atoms with van der Waals surface area (Å²) in [7, 11) is 0. The quantitative estimate of drug-likeness (QED) is 0.887. The molecule has 1 aliphatic carbocycles. The minimum absolute atomic E-state index is 0.0723. The SMILES string of the molecule is O=C(O)NC(=O)OCC1c2ccccc2-c2ccccc21. The molecule has 0 aliphatic heterocycles. The molecule has 1 aliphatic rings. The van der Waals surface area contributed by atoms with Gasteiger partial charge in [0.1, 0.15) is 6.61 Å². The Morgan fingerprint density at radius 2 is 1.52 bits per heavy atom. The van der Waals surface area contributed by atoms with Gasteiger partial charge in [-0.2, -0.15) is 0 Å². The van der Waals surface area contributed by atoms with Gasteiger partial charge in [-0.15, -0.1) is 0 Å². The highest BCUT2D eigenvalue weighted by Crippen LogP contribution is 2.44. The lowest BCUT2D eigenvalue weighted by atomic mass is 9.98. The van der Waals surface area contributed by atoms with Gasteiger partial charge in [0.05, 0.1) is 0 Å². The smallest absolute Gasteiger partial charge is 0.416 e. The van der Waals surface area contributed by atoms with E-state index in [4.69, 9.17) is 9.84 Å². The number of carbonyl (C=O) groups is 2. The van der Waals surface area contributed by atoms with Crippen molar-refractivity contribution in [1.82, 2.24) is 5.32 Å². The van der Waals surface area contributed by atoms with Gasteiger partial charge in [-0.25, -0.2) is 14.9 Å². The van der Waals surface area contributed by atoms with Gasteiger partial charge < -0.3 is 9.84 Å². The number of carbonyl (C=O) groups excluding carboxylic acids is 1. The molecule has 2 aromatic rings. The van der Waals surface area contributed by atoms with E-state index >= 15 is 0 Å². The molecule has 2 amide bonds. The van der Waals surface area contributed by atoms with E-state index in [1.165, 1.54) is 0 Å². The molecule has 5 nitrogen and oxygen atoms in total. The molecular formula is C16H13NO4. The summed E-state index contributed by atoms with van der Waals surface area (Å²) in [6.45, 7) is 0.104. The molecule has 0 bridgehead atoms. The van der Waals surface area contributed by atoms with Crippen molar-refractivity contribution in [1.29, 1.82) is 0 Å². The molecule has 0 heterocycles. The van der Waals surface area contributed by atoms with Crippen molar-refractivity contribution in [3.05, 3.63) is 59.7 Å². The number of hydrogen-bond donors (Lipinski definition) is 2. The Kier molecular flexibility index (Phi) is 3.31. The minimum atomic E-state index is -1.42. The molecule has 2 aromatic carbocycles. The maximum Gasteiger partial charge on any atom is 0.416 e. The average Bonchev–Trinajstić information content (AvgIpc) is 2.79. The number of fused-ring (bicyclic) bond motifs is 3. The summed E-state index contributed by atoms with van der Waals surface area (Å²) < 4.78 is 5.02. The third kappa shape index (κ3) is 2.45. The summed E-state index contributed by atoms with van der Waals surface area (Å²) in [5.41, 5.74) is 4.42. The van der Waals surface area contributed by atoms with Gasteiger partial charge in [0, 0.05) is 5.92 Å².